The van der Waals surface area contributed by atoms with Crippen molar-refractivity contribution in [2.45, 2.75) is 11.3 Å². The van der Waals surface area contributed by atoms with Crippen molar-refractivity contribution in [1.29, 1.82) is 0 Å². The third-order valence-electron chi connectivity index (χ3n) is 5.70. The fourth-order valence-corrected chi connectivity index (χ4v) is 5.37. The Hall–Kier alpha value is -3.17. The molecule has 166 valence electrons. The van der Waals surface area contributed by atoms with Gasteiger partial charge in [-0.2, -0.15) is 4.31 Å². The van der Waals surface area contributed by atoms with Crippen molar-refractivity contribution < 1.29 is 22.7 Å². The Morgan fingerprint density at radius 1 is 0.875 bits per heavy atom. The van der Waals surface area contributed by atoms with Gasteiger partial charge in [-0.25, -0.2) is 13.4 Å². The maximum Gasteiger partial charge on any atom is 0.272 e. The highest BCUT2D eigenvalue weighted by Gasteiger charge is 2.31. The van der Waals surface area contributed by atoms with Crippen LogP contribution in [0.25, 0.3) is 10.9 Å². The van der Waals surface area contributed by atoms with Crippen LogP contribution in [0.1, 0.15) is 16.9 Å². The number of fused-ring (bicyclic) bond motifs is 2. The van der Waals surface area contributed by atoms with E-state index in [1.54, 1.807) is 23.1 Å². The summed E-state index contributed by atoms with van der Waals surface area (Å²) >= 11 is 0. The lowest BCUT2D eigenvalue weighted by atomic mass is 10.2. The monoisotopic (exact) mass is 453 g/mol. The normalized spacial score (nSPS) is 17.2. The van der Waals surface area contributed by atoms with E-state index in [-0.39, 0.29) is 23.9 Å². The van der Waals surface area contributed by atoms with E-state index in [1.807, 2.05) is 30.3 Å². The summed E-state index contributed by atoms with van der Waals surface area (Å²) in [7, 11) is -3.71. The molecule has 3 aromatic rings. The maximum atomic E-state index is 13.2. The number of ether oxygens (including phenoxy) is 2. The summed E-state index contributed by atoms with van der Waals surface area (Å²) < 4.78 is 39.0. The fourth-order valence-electron chi connectivity index (χ4n) is 3.93. The van der Waals surface area contributed by atoms with Crippen molar-refractivity contribution >= 4 is 26.8 Å². The van der Waals surface area contributed by atoms with Crippen LogP contribution in [0.15, 0.2) is 59.5 Å². The van der Waals surface area contributed by atoms with Crippen LogP contribution in [-0.4, -0.2) is 67.9 Å². The van der Waals surface area contributed by atoms with Crippen LogP contribution in [0.3, 0.4) is 0 Å². The van der Waals surface area contributed by atoms with Crippen LogP contribution in [0.5, 0.6) is 11.5 Å². The van der Waals surface area contributed by atoms with Crippen LogP contribution >= 0.6 is 0 Å². The second-order valence-electron chi connectivity index (χ2n) is 7.74. The number of hydrogen-bond acceptors (Lipinski definition) is 6. The first-order valence-electron chi connectivity index (χ1n) is 10.6. The average molecular weight is 454 g/mol. The number of aromatic nitrogens is 1. The Morgan fingerprint density at radius 3 is 2.44 bits per heavy atom. The maximum absolute atomic E-state index is 13.2. The van der Waals surface area contributed by atoms with E-state index in [9.17, 15) is 13.2 Å². The molecule has 9 heteroatoms. The zero-order valence-corrected chi connectivity index (χ0v) is 18.3. The molecule has 8 nitrogen and oxygen atoms in total. The number of carbonyl (C=O) groups excluding carboxylic acids is 1. The third-order valence-corrected chi connectivity index (χ3v) is 7.59. The van der Waals surface area contributed by atoms with E-state index >= 15 is 0 Å². The molecule has 1 aromatic heterocycles. The summed E-state index contributed by atoms with van der Waals surface area (Å²) in [6.07, 6.45) is 0.749. The lowest BCUT2D eigenvalue weighted by Gasteiger charge is -2.34. The quantitative estimate of drug-likeness (QED) is 0.606. The molecule has 3 heterocycles. The van der Waals surface area contributed by atoms with E-state index in [2.05, 4.69) is 4.98 Å². The molecule has 1 saturated heterocycles. The van der Waals surface area contributed by atoms with Crippen molar-refractivity contribution in [3.63, 3.8) is 0 Å². The van der Waals surface area contributed by atoms with Gasteiger partial charge >= 0.3 is 0 Å². The zero-order chi connectivity index (χ0) is 22.1. The number of para-hydroxylation sites is 1. The third kappa shape index (κ3) is 3.89. The van der Waals surface area contributed by atoms with Gasteiger partial charge in [-0.3, -0.25) is 4.79 Å². The van der Waals surface area contributed by atoms with Crippen molar-refractivity contribution in [3.8, 4) is 11.5 Å². The van der Waals surface area contributed by atoms with E-state index in [4.69, 9.17) is 9.47 Å². The Bertz CT molecular complexity index is 1270. The van der Waals surface area contributed by atoms with Gasteiger partial charge in [0.1, 0.15) is 5.69 Å². The van der Waals surface area contributed by atoms with Crippen molar-refractivity contribution in [3.05, 3.63) is 60.3 Å². The summed E-state index contributed by atoms with van der Waals surface area (Å²) in [6.45, 7) is 2.07. The average Bonchev–Trinajstić information content (AvgIpc) is 3.08. The molecule has 0 aliphatic carbocycles. The number of rotatable bonds is 3. The van der Waals surface area contributed by atoms with Gasteiger partial charge in [-0.15, -0.1) is 0 Å². The summed E-state index contributed by atoms with van der Waals surface area (Å²) in [4.78, 5) is 19.2. The second-order valence-corrected chi connectivity index (χ2v) is 9.68. The van der Waals surface area contributed by atoms with Crippen LogP contribution in [-0.2, 0) is 10.0 Å². The van der Waals surface area contributed by atoms with Crippen molar-refractivity contribution in [2.24, 2.45) is 0 Å². The van der Waals surface area contributed by atoms with Crippen LogP contribution in [0.2, 0.25) is 0 Å². The fraction of sp³-hybridized carbons (Fsp3) is 0.304. The highest BCUT2D eigenvalue weighted by molar-refractivity contribution is 7.89. The van der Waals surface area contributed by atoms with Gasteiger partial charge in [0.25, 0.3) is 5.91 Å². The smallest absolute Gasteiger partial charge is 0.272 e. The van der Waals surface area contributed by atoms with Gasteiger partial charge < -0.3 is 14.4 Å². The van der Waals surface area contributed by atoms with Gasteiger partial charge in [0.05, 0.1) is 23.6 Å². The lowest BCUT2D eigenvalue weighted by Crippen LogP contribution is -2.50. The molecule has 32 heavy (non-hydrogen) atoms. The molecular formula is C23H23N3O5S. The first kappa shape index (κ1) is 20.7. The molecule has 5 rings (SSSR count). The Labute approximate surface area is 186 Å². The molecule has 0 unspecified atom stereocenters. The number of nitrogens with zero attached hydrogens (tertiary/aromatic N) is 3. The van der Waals surface area contributed by atoms with E-state index in [0.29, 0.717) is 43.5 Å². The van der Waals surface area contributed by atoms with E-state index in [0.717, 1.165) is 17.3 Å². The van der Waals surface area contributed by atoms with Gasteiger partial charge in [-0.1, -0.05) is 24.3 Å². The van der Waals surface area contributed by atoms with Crippen molar-refractivity contribution in [2.75, 3.05) is 39.4 Å². The Morgan fingerprint density at radius 2 is 1.62 bits per heavy atom. The summed E-state index contributed by atoms with van der Waals surface area (Å²) in [5.74, 6) is 0.808. The molecule has 2 aliphatic heterocycles. The number of pyridine rings is 1. The van der Waals surface area contributed by atoms with Crippen LogP contribution < -0.4 is 9.47 Å². The zero-order valence-electron chi connectivity index (χ0n) is 17.4. The predicted octanol–water partition coefficient (Wildman–Crippen LogP) is 2.54. The highest BCUT2D eigenvalue weighted by atomic mass is 32.2. The highest BCUT2D eigenvalue weighted by Crippen LogP contribution is 2.33. The topological polar surface area (TPSA) is 89.0 Å². The Balaban J connectivity index is 1.29. The predicted molar refractivity (Wildman–Crippen MR) is 118 cm³/mol. The number of amides is 1. The molecule has 0 N–H and O–H groups in total. The van der Waals surface area contributed by atoms with Crippen molar-refractivity contribution in [1.82, 2.24) is 14.2 Å². The molecule has 0 radical (unpaired) electrons. The summed E-state index contributed by atoms with van der Waals surface area (Å²) in [5, 5.41) is 0.968. The molecule has 1 amide bonds. The number of piperazine rings is 1. The number of hydrogen-bond donors (Lipinski definition) is 0. The van der Waals surface area contributed by atoms with Gasteiger partial charge in [0.15, 0.2) is 11.5 Å². The van der Waals surface area contributed by atoms with Crippen LogP contribution in [0.4, 0.5) is 0 Å². The lowest BCUT2D eigenvalue weighted by molar-refractivity contribution is 0.0692. The minimum atomic E-state index is -3.71. The Kier molecular flexibility index (Phi) is 5.44. The molecule has 2 aliphatic rings. The molecule has 0 saturated carbocycles. The molecular weight excluding hydrogens is 430 g/mol. The SMILES string of the molecule is O=C(c1ccc2ccccc2n1)N1CCN(S(=O)(=O)c2ccc3c(c2)OCCCO3)CC1. The molecule has 2 aromatic carbocycles. The number of carbonyl (C=O) groups is 1. The molecule has 1 fully saturated rings. The second kappa shape index (κ2) is 8.40. The molecule has 0 spiro atoms. The molecule has 0 atom stereocenters. The minimum Gasteiger partial charge on any atom is -0.490 e. The van der Waals surface area contributed by atoms with Crippen LogP contribution in [0, 0.1) is 0 Å². The number of benzene rings is 2. The number of sulfonamides is 1. The van der Waals surface area contributed by atoms with Gasteiger partial charge in [0, 0.05) is 44.1 Å². The standard InChI is InChI=1S/C23H23N3O5S/c27-23(20-8-6-17-4-1-2-5-19(17)24-20)25-10-12-26(13-11-25)32(28,29)18-7-9-21-22(16-18)31-15-3-14-30-21/h1-2,4-9,16H,3,10-15H2. The minimum absolute atomic E-state index is 0.165. The van der Waals surface area contributed by atoms with Gasteiger partial charge in [-0.05, 0) is 24.3 Å². The first-order chi connectivity index (χ1) is 15.5. The van der Waals surface area contributed by atoms with E-state index in [1.165, 1.54) is 10.4 Å². The summed E-state index contributed by atoms with van der Waals surface area (Å²) in [6, 6.07) is 15.9. The first-order valence-corrected chi connectivity index (χ1v) is 12.0. The summed E-state index contributed by atoms with van der Waals surface area (Å²) in [5.41, 5.74) is 1.12. The molecule has 0 bridgehead atoms. The van der Waals surface area contributed by atoms with Gasteiger partial charge in [0.2, 0.25) is 10.0 Å². The van der Waals surface area contributed by atoms with E-state index < -0.39 is 10.0 Å². The largest absolute Gasteiger partial charge is 0.490 e.